The molecule has 1 aliphatic heterocycles. The summed E-state index contributed by atoms with van der Waals surface area (Å²) in [7, 11) is 0. The fourth-order valence-electron chi connectivity index (χ4n) is 9.53. The number of hydrogen-bond acceptors (Lipinski definition) is 1. The summed E-state index contributed by atoms with van der Waals surface area (Å²) in [6.07, 6.45) is 17.8. The summed E-state index contributed by atoms with van der Waals surface area (Å²) < 4.78 is 0. The number of piperidine rings is 1. The molecule has 0 aromatic rings. The minimum absolute atomic E-state index is 0.403. The highest BCUT2D eigenvalue weighted by Crippen LogP contribution is 2.69. The molecule has 6 unspecified atom stereocenters. The third-order valence-electron chi connectivity index (χ3n) is 11.1. The van der Waals surface area contributed by atoms with E-state index in [1.54, 1.807) is 12.8 Å². The first kappa shape index (κ1) is 19.4. The van der Waals surface area contributed by atoms with Crippen LogP contribution in [0.4, 0.5) is 0 Å². The summed E-state index contributed by atoms with van der Waals surface area (Å²) in [5.41, 5.74) is 1.63. The maximum absolute atomic E-state index is 4.13. The molecular formula is C25H42BrN. The Morgan fingerprint density at radius 2 is 1.59 bits per heavy atom. The van der Waals surface area contributed by atoms with E-state index in [1.807, 2.05) is 0 Å². The monoisotopic (exact) mass is 435 g/mol. The quantitative estimate of drug-likeness (QED) is 0.399. The van der Waals surface area contributed by atoms with Crippen molar-refractivity contribution in [3.05, 3.63) is 0 Å². The lowest BCUT2D eigenvalue weighted by Gasteiger charge is -2.69. The van der Waals surface area contributed by atoms with Gasteiger partial charge in [-0.2, -0.15) is 0 Å². The molecule has 0 aromatic carbocycles. The van der Waals surface area contributed by atoms with Crippen LogP contribution in [0.3, 0.4) is 0 Å². The molecule has 0 bridgehead atoms. The van der Waals surface area contributed by atoms with Crippen LogP contribution in [0, 0.1) is 34.5 Å². The molecule has 0 radical (unpaired) electrons. The number of rotatable bonds is 1. The van der Waals surface area contributed by atoms with Crippen LogP contribution in [0.1, 0.15) is 97.8 Å². The second kappa shape index (κ2) is 6.73. The van der Waals surface area contributed by atoms with Gasteiger partial charge in [0.2, 0.25) is 0 Å². The summed E-state index contributed by atoms with van der Waals surface area (Å²) >= 11 is 4.13. The maximum Gasteiger partial charge on any atom is 0.0251 e. The van der Waals surface area contributed by atoms with Gasteiger partial charge in [-0.1, -0.05) is 42.6 Å². The van der Waals surface area contributed by atoms with Crippen molar-refractivity contribution in [1.29, 1.82) is 0 Å². The molecule has 154 valence electrons. The summed E-state index contributed by atoms with van der Waals surface area (Å²) in [4.78, 5) is 3.72. The molecule has 4 aliphatic carbocycles. The van der Waals surface area contributed by atoms with E-state index in [-0.39, 0.29) is 0 Å². The molecule has 1 heterocycles. The number of likely N-dealkylation sites (tertiary alicyclic amines) is 1. The maximum atomic E-state index is 4.13. The van der Waals surface area contributed by atoms with Crippen molar-refractivity contribution in [2.45, 2.75) is 108 Å². The normalized spacial score (nSPS) is 56.2. The van der Waals surface area contributed by atoms with Crippen LogP contribution >= 0.6 is 15.9 Å². The Morgan fingerprint density at radius 1 is 0.815 bits per heavy atom. The van der Waals surface area contributed by atoms with E-state index in [9.17, 15) is 0 Å². The van der Waals surface area contributed by atoms with Gasteiger partial charge in [-0.05, 0) is 119 Å². The van der Waals surface area contributed by atoms with Gasteiger partial charge in [0, 0.05) is 10.4 Å². The molecule has 0 aromatic heterocycles. The highest BCUT2D eigenvalue weighted by molar-refractivity contribution is 9.09. The highest BCUT2D eigenvalue weighted by Gasteiger charge is 2.65. The Kier molecular flexibility index (Phi) is 4.83. The molecule has 0 amide bonds. The average Bonchev–Trinajstić information content (AvgIpc) is 3.05. The second-order valence-corrected chi connectivity index (χ2v) is 13.2. The van der Waals surface area contributed by atoms with Crippen molar-refractivity contribution in [3.8, 4) is 0 Å². The fraction of sp³-hybridized carbons (Fsp3) is 1.00. The molecule has 0 N–H and O–H groups in total. The van der Waals surface area contributed by atoms with Crippen LogP contribution in [0.25, 0.3) is 0 Å². The smallest absolute Gasteiger partial charge is 0.0251 e. The zero-order valence-corrected chi connectivity index (χ0v) is 19.7. The van der Waals surface area contributed by atoms with E-state index in [1.165, 1.54) is 77.3 Å². The predicted octanol–water partition coefficient (Wildman–Crippen LogP) is 7.04. The predicted molar refractivity (Wildman–Crippen MR) is 118 cm³/mol. The van der Waals surface area contributed by atoms with E-state index >= 15 is 0 Å². The number of hydrogen-bond donors (Lipinski definition) is 0. The average molecular weight is 437 g/mol. The van der Waals surface area contributed by atoms with Gasteiger partial charge in [0.1, 0.15) is 0 Å². The minimum atomic E-state index is 0.403. The lowest BCUT2D eigenvalue weighted by Crippen LogP contribution is -2.69. The van der Waals surface area contributed by atoms with E-state index < -0.39 is 0 Å². The van der Waals surface area contributed by atoms with Gasteiger partial charge in [-0.15, -0.1) is 0 Å². The van der Waals surface area contributed by atoms with E-state index in [2.05, 4.69) is 41.6 Å². The molecule has 2 heteroatoms. The minimum Gasteiger partial charge on any atom is -0.297 e. The first-order valence-electron chi connectivity index (χ1n) is 12.3. The molecule has 5 aliphatic rings. The Balaban J connectivity index is 1.53. The van der Waals surface area contributed by atoms with Crippen molar-refractivity contribution in [2.24, 2.45) is 34.5 Å². The molecule has 1 saturated heterocycles. The summed E-state index contributed by atoms with van der Waals surface area (Å²) in [6.45, 7) is 10.9. The highest BCUT2D eigenvalue weighted by atomic mass is 79.9. The van der Waals surface area contributed by atoms with Gasteiger partial charge in [0.15, 0.2) is 0 Å². The van der Waals surface area contributed by atoms with Crippen LogP contribution in [0.2, 0.25) is 0 Å². The van der Waals surface area contributed by atoms with E-state index in [0.717, 1.165) is 28.5 Å². The number of fused-ring (bicyclic) bond motifs is 5. The van der Waals surface area contributed by atoms with Crippen molar-refractivity contribution in [3.63, 3.8) is 0 Å². The molecule has 8 atom stereocenters. The van der Waals surface area contributed by atoms with Crippen LogP contribution in [0.5, 0.6) is 0 Å². The van der Waals surface area contributed by atoms with Crippen LogP contribution in [0.15, 0.2) is 0 Å². The van der Waals surface area contributed by atoms with E-state index in [0.29, 0.717) is 16.4 Å². The second-order valence-electron chi connectivity index (χ2n) is 11.9. The van der Waals surface area contributed by atoms with Gasteiger partial charge >= 0.3 is 0 Å². The summed E-state index contributed by atoms with van der Waals surface area (Å²) in [6, 6.07) is 0. The van der Waals surface area contributed by atoms with Gasteiger partial charge in [-0.25, -0.2) is 0 Å². The Bertz CT molecular complexity index is 571. The number of nitrogens with zero attached hydrogens (tertiary/aromatic N) is 1. The van der Waals surface area contributed by atoms with E-state index in [4.69, 9.17) is 0 Å². The summed E-state index contributed by atoms with van der Waals surface area (Å²) in [5, 5.41) is 0. The molecule has 0 spiro atoms. The molecular weight excluding hydrogens is 394 g/mol. The molecule has 1 nitrogen and oxygen atoms in total. The van der Waals surface area contributed by atoms with Crippen molar-refractivity contribution < 1.29 is 0 Å². The summed E-state index contributed by atoms with van der Waals surface area (Å²) in [5.74, 6) is 4.00. The Hall–Kier alpha value is 0.440. The zero-order valence-electron chi connectivity index (χ0n) is 18.1. The third-order valence-corrected chi connectivity index (χ3v) is 11.8. The van der Waals surface area contributed by atoms with Gasteiger partial charge in [0.05, 0.1) is 0 Å². The first-order valence-corrected chi connectivity index (χ1v) is 13.2. The van der Waals surface area contributed by atoms with Crippen LogP contribution in [-0.2, 0) is 0 Å². The standard InChI is InChI=1S/C25H42BrN/c1-23-12-7-8-21(23)20-10-9-18-16-19(26)17-24(2,27-14-5-4-6-15-27)25(18,3)22(20)11-13-23/h18-22H,4-17H2,1-3H3/t18?,19?,20?,21?,22?,23-,24?,25-/m0/s1. The van der Waals surface area contributed by atoms with Gasteiger partial charge in [-0.3, -0.25) is 4.90 Å². The number of halogens is 1. The van der Waals surface area contributed by atoms with Crippen molar-refractivity contribution in [2.75, 3.05) is 13.1 Å². The lowest BCUT2D eigenvalue weighted by atomic mass is 9.41. The Morgan fingerprint density at radius 3 is 2.37 bits per heavy atom. The first-order chi connectivity index (χ1) is 12.9. The Labute approximate surface area is 176 Å². The van der Waals surface area contributed by atoms with Gasteiger partial charge < -0.3 is 0 Å². The molecule has 5 rings (SSSR count). The molecule has 5 fully saturated rings. The lowest BCUT2D eigenvalue weighted by molar-refractivity contribution is -0.182. The van der Waals surface area contributed by atoms with Crippen molar-refractivity contribution >= 4 is 15.9 Å². The third kappa shape index (κ3) is 2.70. The van der Waals surface area contributed by atoms with Crippen LogP contribution in [-0.4, -0.2) is 28.4 Å². The number of alkyl halides is 1. The largest absolute Gasteiger partial charge is 0.297 e. The SMILES string of the molecule is CC1(N2CCCCC2)CC(Br)CC2CCC3C4CCC[C@@]4(C)CCC3[C@]21C. The molecule has 27 heavy (non-hydrogen) atoms. The zero-order chi connectivity index (χ0) is 18.9. The van der Waals surface area contributed by atoms with Gasteiger partial charge in [0.25, 0.3) is 0 Å². The van der Waals surface area contributed by atoms with Crippen molar-refractivity contribution in [1.82, 2.24) is 4.90 Å². The van der Waals surface area contributed by atoms with Crippen LogP contribution < -0.4 is 0 Å². The fourth-order valence-corrected chi connectivity index (χ4v) is 10.6. The topological polar surface area (TPSA) is 3.24 Å². The molecule has 4 saturated carbocycles.